The van der Waals surface area contributed by atoms with Gasteiger partial charge in [-0.15, -0.1) is 0 Å². The topological polar surface area (TPSA) is 64.8 Å². The number of carbonyl (C=O) groups is 1. The SMILES string of the molecule is COc1ccc(/C=N/NC(=O)c2ccc(-n3c(C)ccc3C)cc2)cc1OCc1ccccc1. The fraction of sp³-hybridized carbons (Fsp3) is 0.143. The van der Waals surface area contributed by atoms with Crippen molar-refractivity contribution in [3.8, 4) is 17.2 Å². The number of carbonyl (C=O) groups excluding carboxylic acids is 1. The van der Waals surface area contributed by atoms with Gasteiger partial charge in [0.25, 0.3) is 5.91 Å². The summed E-state index contributed by atoms with van der Waals surface area (Å²) in [6, 6.07) is 27.0. The molecule has 1 aromatic heterocycles. The Morgan fingerprint density at radius 3 is 2.29 bits per heavy atom. The second kappa shape index (κ2) is 10.5. The average molecular weight is 454 g/mol. The van der Waals surface area contributed by atoms with Gasteiger partial charge in [-0.05, 0) is 79.6 Å². The van der Waals surface area contributed by atoms with Crippen LogP contribution in [0, 0.1) is 13.8 Å². The summed E-state index contributed by atoms with van der Waals surface area (Å²) in [6.07, 6.45) is 1.58. The number of hydrazone groups is 1. The summed E-state index contributed by atoms with van der Waals surface area (Å²) in [5, 5.41) is 4.11. The zero-order valence-electron chi connectivity index (χ0n) is 19.5. The Balaban J connectivity index is 1.40. The lowest BCUT2D eigenvalue weighted by molar-refractivity contribution is 0.0955. The largest absolute Gasteiger partial charge is 0.493 e. The Hall–Kier alpha value is -4.32. The molecule has 1 amide bonds. The number of nitrogens with one attached hydrogen (secondary N) is 1. The molecule has 0 fully saturated rings. The highest BCUT2D eigenvalue weighted by Crippen LogP contribution is 2.28. The molecule has 0 aliphatic rings. The molecule has 0 atom stereocenters. The molecule has 1 heterocycles. The minimum Gasteiger partial charge on any atom is -0.493 e. The standard InChI is InChI=1S/C28H27N3O3/c1-20-9-10-21(2)31(20)25-14-12-24(13-15-25)28(32)30-29-18-23-11-16-26(33-3)27(17-23)34-19-22-7-5-4-6-8-22/h4-18H,19H2,1-3H3,(H,30,32)/b29-18+. The van der Waals surface area contributed by atoms with E-state index < -0.39 is 0 Å². The van der Waals surface area contributed by atoms with Gasteiger partial charge in [-0.1, -0.05) is 30.3 Å². The fourth-order valence-electron chi connectivity index (χ4n) is 3.69. The predicted octanol–water partition coefficient (Wildman–Crippen LogP) is 5.45. The lowest BCUT2D eigenvalue weighted by Gasteiger charge is -2.11. The number of nitrogens with zero attached hydrogens (tertiary/aromatic N) is 2. The minimum absolute atomic E-state index is 0.280. The van der Waals surface area contributed by atoms with E-state index in [0.29, 0.717) is 23.7 Å². The fourth-order valence-corrected chi connectivity index (χ4v) is 3.69. The molecule has 0 saturated carbocycles. The van der Waals surface area contributed by atoms with Crippen LogP contribution in [0.2, 0.25) is 0 Å². The van der Waals surface area contributed by atoms with E-state index in [0.717, 1.165) is 28.2 Å². The van der Waals surface area contributed by atoms with Crippen molar-refractivity contribution >= 4 is 12.1 Å². The predicted molar refractivity (Wildman–Crippen MR) is 134 cm³/mol. The molecule has 4 rings (SSSR count). The second-order valence-corrected chi connectivity index (χ2v) is 7.88. The molecular formula is C28H27N3O3. The van der Waals surface area contributed by atoms with Crippen LogP contribution < -0.4 is 14.9 Å². The average Bonchev–Trinajstić information content (AvgIpc) is 3.21. The highest BCUT2D eigenvalue weighted by atomic mass is 16.5. The third-order valence-electron chi connectivity index (χ3n) is 5.46. The van der Waals surface area contributed by atoms with Crippen LogP contribution in [0.1, 0.15) is 32.9 Å². The Bertz CT molecular complexity index is 1270. The van der Waals surface area contributed by atoms with Crippen molar-refractivity contribution in [3.05, 3.63) is 113 Å². The van der Waals surface area contributed by atoms with Gasteiger partial charge >= 0.3 is 0 Å². The Labute approximate surface area is 199 Å². The number of methoxy groups -OCH3 is 1. The summed E-state index contributed by atoms with van der Waals surface area (Å²) in [7, 11) is 1.60. The van der Waals surface area contributed by atoms with Crippen LogP contribution in [0.3, 0.4) is 0 Å². The first kappa shape index (κ1) is 22.9. The van der Waals surface area contributed by atoms with E-state index in [1.54, 1.807) is 25.5 Å². The zero-order chi connectivity index (χ0) is 23.9. The van der Waals surface area contributed by atoms with Crippen molar-refractivity contribution in [1.82, 2.24) is 9.99 Å². The third kappa shape index (κ3) is 5.35. The molecule has 34 heavy (non-hydrogen) atoms. The molecular weight excluding hydrogens is 426 g/mol. The number of aromatic nitrogens is 1. The molecule has 1 N–H and O–H groups in total. The molecule has 0 spiro atoms. The minimum atomic E-state index is -0.280. The van der Waals surface area contributed by atoms with Crippen LogP contribution in [-0.2, 0) is 6.61 Å². The monoisotopic (exact) mass is 453 g/mol. The maximum Gasteiger partial charge on any atom is 0.271 e. The maximum absolute atomic E-state index is 12.5. The van der Waals surface area contributed by atoms with Crippen molar-refractivity contribution in [1.29, 1.82) is 0 Å². The number of aryl methyl sites for hydroxylation is 2. The van der Waals surface area contributed by atoms with Gasteiger partial charge in [0.15, 0.2) is 11.5 Å². The molecule has 0 unspecified atom stereocenters. The van der Waals surface area contributed by atoms with E-state index in [-0.39, 0.29) is 5.91 Å². The van der Waals surface area contributed by atoms with E-state index in [4.69, 9.17) is 9.47 Å². The first-order valence-electron chi connectivity index (χ1n) is 11.0. The summed E-state index contributed by atoms with van der Waals surface area (Å²) < 4.78 is 13.5. The van der Waals surface area contributed by atoms with E-state index in [1.807, 2.05) is 60.7 Å². The Kier molecular flexibility index (Phi) is 7.08. The first-order valence-corrected chi connectivity index (χ1v) is 11.0. The normalized spacial score (nSPS) is 10.9. The van der Waals surface area contributed by atoms with Gasteiger partial charge in [0, 0.05) is 22.6 Å². The maximum atomic E-state index is 12.5. The van der Waals surface area contributed by atoms with Crippen molar-refractivity contribution in [2.24, 2.45) is 5.10 Å². The number of hydrogen-bond acceptors (Lipinski definition) is 4. The summed E-state index contributed by atoms with van der Waals surface area (Å²) in [6.45, 7) is 4.53. The second-order valence-electron chi connectivity index (χ2n) is 7.88. The highest BCUT2D eigenvalue weighted by molar-refractivity contribution is 5.95. The Morgan fingerprint density at radius 2 is 1.62 bits per heavy atom. The molecule has 0 aliphatic carbocycles. The van der Waals surface area contributed by atoms with Crippen LogP contribution in [-0.4, -0.2) is 23.8 Å². The van der Waals surface area contributed by atoms with Gasteiger partial charge in [-0.2, -0.15) is 5.10 Å². The molecule has 0 aliphatic heterocycles. The summed E-state index contributed by atoms with van der Waals surface area (Å²) >= 11 is 0. The van der Waals surface area contributed by atoms with Gasteiger partial charge in [-0.3, -0.25) is 4.79 Å². The van der Waals surface area contributed by atoms with E-state index in [2.05, 4.69) is 41.1 Å². The van der Waals surface area contributed by atoms with E-state index >= 15 is 0 Å². The van der Waals surface area contributed by atoms with Crippen LogP contribution in [0.4, 0.5) is 0 Å². The van der Waals surface area contributed by atoms with Crippen LogP contribution >= 0.6 is 0 Å². The number of amides is 1. The van der Waals surface area contributed by atoms with Gasteiger partial charge in [-0.25, -0.2) is 5.43 Å². The van der Waals surface area contributed by atoms with Gasteiger partial charge < -0.3 is 14.0 Å². The lowest BCUT2D eigenvalue weighted by atomic mass is 10.2. The van der Waals surface area contributed by atoms with Crippen LogP contribution in [0.15, 0.2) is 90.0 Å². The molecule has 4 aromatic rings. The molecule has 0 radical (unpaired) electrons. The van der Waals surface area contributed by atoms with Gasteiger partial charge in [0.1, 0.15) is 6.61 Å². The molecule has 6 heteroatoms. The molecule has 6 nitrogen and oxygen atoms in total. The van der Waals surface area contributed by atoms with Gasteiger partial charge in [0.2, 0.25) is 0 Å². The van der Waals surface area contributed by atoms with Gasteiger partial charge in [0.05, 0.1) is 13.3 Å². The zero-order valence-corrected chi connectivity index (χ0v) is 19.5. The smallest absolute Gasteiger partial charge is 0.271 e. The molecule has 3 aromatic carbocycles. The van der Waals surface area contributed by atoms with Crippen molar-refractivity contribution in [2.75, 3.05) is 7.11 Å². The van der Waals surface area contributed by atoms with E-state index in [9.17, 15) is 4.79 Å². The summed E-state index contributed by atoms with van der Waals surface area (Å²) in [5.74, 6) is 0.955. The highest BCUT2D eigenvalue weighted by Gasteiger charge is 2.08. The molecule has 172 valence electrons. The van der Waals surface area contributed by atoms with Crippen LogP contribution in [0.5, 0.6) is 11.5 Å². The van der Waals surface area contributed by atoms with E-state index in [1.165, 1.54) is 0 Å². The van der Waals surface area contributed by atoms with Crippen molar-refractivity contribution < 1.29 is 14.3 Å². The molecule has 0 saturated heterocycles. The number of benzene rings is 3. The summed E-state index contributed by atoms with van der Waals surface area (Å²) in [5.41, 5.74) is 8.25. The quantitative estimate of drug-likeness (QED) is 0.285. The summed E-state index contributed by atoms with van der Waals surface area (Å²) in [4.78, 5) is 12.5. The Morgan fingerprint density at radius 1 is 0.912 bits per heavy atom. The number of ether oxygens (including phenoxy) is 2. The van der Waals surface area contributed by atoms with Crippen molar-refractivity contribution in [2.45, 2.75) is 20.5 Å². The number of hydrogen-bond donors (Lipinski definition) is 1. The third-order valence-corrected chi connectivity index (χ3v) is 5.46. The van der Waals surface area contributed by atoms with Crippen LogP contribution in [0.25, 0.3) is 5.69 Å². The molecule has 0 bridgehead atoms. The lowest BCUT2D eigenvalue weighted by Crippen LogP contribution is -2.17. The first-order chi connectivity index (χ1) is 16.5. The van der Waals surface area contributed by atoms with Crippen molar-refractivity contribution in [3.63, 3.8) is 0 Å². The number of rotatable bonds is 8.